The molecule has 0 fully saturated rings. The molecule has 0 N–H and O–H groups in total. The van der Waals surface area contributed by atoms with Crippen molar-refractivity contribution < 1.29 is 14.3 Å². The highest BCUT2D eigenvalue weighted by molar-refractivity contribution is 5.83. The molecule has 0 saturated heterocycles. The van der Waals surface area contributed by atoms with E-state index < -0.39 is 0 Å². The monoisotopic (exact) mass is 422 g/mol. The first kappa shape index (κ1) is 24.7. The van der Waals surface area contributed by atoms with E-state index in [1.54, 1.807) is 13.2 Å². The van der Waals surface area contributed by atoms with Crippen LogP contribution in [0.15, 0.2) is 41.5 Å². The van der Waals surface area contributed by atoms with Crippen molar-refractivity contribution in [3.8, 4) is 5.75 Å². The smallest absolute Gasteiger partial charge is 0.331 e. The minimum absolute atomic E-state index is 0.272. The number of carbonyl (C=O) groups excluding carboxylic acids is 1. The Hall–Kier alpha value is -2.55. The molecule has 0 unspecified atom stereocenters. The van der Waals surface area contributed by atoms with E-state index in [-0.39, 0.29) is 5.97 Å². The van der Waals surface area contributed by atoms with Gasteiger partial charge in [-0.05, 0) is 93.2 Å². The summed E-state index contributed by atoms with van der Waals surface area (Å²) in [5.41, 5.74) is 8.77. The van der Waals surface area contributed by atoms with Gasteiger partial charge in [0.1, 0.15) is 5.75 Å². The van der Waals surface area contributed by atoms with Crippen molar-refractivity contribution in [2.24, 2.45) is 0 Å². The lowest BCUT2D eigenvalue weighted by molar-refractivity contribution is -0.137. The Morgan fingerprint density at radius 1 is 1.00 bits per heavy atom. The lowest BCUT2D eigenvalue weighted by Gasteiger charge is -2.25. The number of unbranched alkanes of at least 4 members (excludes halogenated alkanes) is 1. The molecule has 3 nitrogen and oxygen atoms in total. The molecule has 0 radical (unpaired) electrons. The summed E-state index contributed by atoms with van der Waals surface area (Å²) in [5.74, 6) is 0.807. The first-order valence-corrected chi connectivity index (χ1v) is 11.5. The van der Waals surface area contributed by atoms with E-state index in [1.165, 1.54) is 40.7 Å². The van der Waals surface area contributed by atoms with E-state index in [0.29, 0.717) is 6.61 Å². The maximum Gasteiger partial charge on any atom is 0.331 e. The number of benzene rings is 1. The predicted molar refractivity (Wildman–Crippen MR) is 131 cm³/mol. The SMILES string of the molecule is CCCCOC(=O)C=C(C)C=CC=C(C)C=Cc1c(C)c(C)c(OC)c2c1CCCC2. The highest BCUT2D eigenvalue weighted by Crippen LogP contribution is 2.38. The van der Waals surface area contributed by atoms with Gasteiger partial charge < -0.3 is 9.47 Å². The zero-order valence-corrected chi connectivity index (χ0v) is 20.1. The van der Waals surface area contributed by atoms with Gasteiger partial charge in [0.25, 0.3) is 0 Å². The normalized spacial score (nSPS) is 14.9. The number of ether oxygens (including phenoxy) is 2. The molecule has 0 bridgehead atoms. The lowest BCUT2D eigenvalue weighted by atomic mass is 9.83. The third kappa shape index (κ3) is 6.99. The zero-order valence-electron chi connectivity index (χ0n) is 20.1. The number of methoxy groups -OCH3 is 1. The van der Waals surface area contributed by atoms with Crippen LogP contribution < -0.4 is 4.74 Å². The van der Waals surface area contributed by atoms with Gasteiger partial charge in [0.05, 0.1) is 13.7 Å². The van der Waals surface area contributed by atoms with Crippen molar-refractivity contribution in [3.05, 3.63) is 69.3 Å². The predicted octanol–water partition coefficient (Wildman–Crippen LogP) is 7.00. The molecule has 0 heterocycles. The Balaban J connectivity index is 2.13. The van der Waals surface area contributed by atoms with Gasteiger partial charge in [-0.15, -0.1) is 0 Å². The topological polar surface area (TPSA) is 35.5 Å². The maximum absolute atomic E-state index is 11.7. The van der Waals surface area contributed by atoms with E-state index in [0.717, 1.165) is 42.6 Å². The fourth-order valence-electron chi connectivity index (χ4n) is 3.99. The van der Waals surface area contributed by atoms with E-state index in [2.05, 4.69) is 45.9 Å². The molecule has 0 amide bonds. The first-order valence-electron chi connectivity index (χ1n) is 11.5. The molecular formula is C28H38O3. The van der Waals surface area contributed by atoms with E-state index in [1.807, 2.05) is 19.1 Å². The first-order chi connectivity index (χ1) is 14.9. The number of hydrogen-bond acceptors (Lipinski definition) is 3. The summed E-state index contributed by atoms with van der Waals surface area (Å²) in [6, 6.07) is 0. The van der Waals surface area contributed by atoms with E-state index in [4.69, 9.17) is 9.47 Å². The van der Waals surface area contributed by atoms with Crippen molar-refractivity contribution in [2.75, 3.05) is 13.7 Å². The molecule has 3 heteroatoms. The van der Waals surface area contributed by atoms with Crippen molar-refractivity contribution in [1.29, 1.82) is 0 Å². The summed E-state index contributed by atoms with van der Waals surface area (Å²) in [5, 5.41) is 0. The van der Waals surface area contributed by atoms with Gasteiger partial charge >= 0.3 is 5.97 Å². The average molecular weight is 423 g/mol. The minimum atomic E-state index is -0.272. The third-order valence-corrected chi connectivity index (χ3v) is 5.90. The Labute approximate surface area is 188 Å². The van der Waals surface area contributed by atoms with Crippen molar-refractivity contribution >= 4 is 12.0 Å². The van der Waals surface area contributed by atoms with Crippen LogP contribution in [0.4, 0.5) is 0 Å². The summed E-state index contributed by atoms with van der Waals surface area (Å²) in [6.07, 6.45) is 18.6. The molecule has 1 aliphatic rings. The van der Waals surface area contributed by atoms with Crippen LogP contribution in [-0.2, 0) is 22.4 Å². The van der Waals surface area contributed by atoms with E-state index >= 15 is 0 Å². The zero-order chi connectivity index (χ0) is 22.8. The van der Waals surface area contributed by atoms with Crippen LogP contribution in [-0.4, -0.2) is 19.7 Å². The molecule has 31 heavy (non-hydrogen) atoms. The van der Waals surface area contributed by atoms with Crippen LogP contribution in [0.25, 0.3) is 6.08 Å². The highest BCUT2D eigenvalue weighted by atomic mass is 16.5. The molecule has 1 aromatic rings. The van der Waals surface area contributed by atoms with E-state index in [9.17, 15) is 4.79 Å². The summed E-state index contributed by atoms with van der Waals surface area (Å²) in [6.45, 7) is 10.9. The van der Waals surface area contributed by atoms with Crippen LogP contribution in [0.3, 0.4) is 0 Å². The molecule has 168 valence electrons. The molecule has 2 rings (SSSR count). The van der Waals surface area contributed by atoms with Crippen LogP contribution in [0, 0.1) is 13.8 Å². The molecule has 0 spiro atoms. The van der Waals surface area contributed by atoms with Gasteiger partial charge in [0.2, 0.25) is 0 Å². The van der Waals surface area contributed by atoms with Crippen LogP contribution in [0.5, 0.6) is 5.75 Å². The number of carbonyl (C=O) groups is 1. The molecule has 0 aliphatic heterocycles. The summed E-state index contributed by atoms with van der Waals surface area (Å²) >= 11 is 0. The lowest BCUT2D eigenvalue weighted by Crippen LogP contribution is -2.10. The van der Waals surface area contributed by atoms with Gasteiger partial charge in [-0.1, -0.05) is 49.3 Å². The van der Waals surface area contributed by atoms with Gasteiger partial charge in [-0.25, -0.2) is 4.79 Å². The number of fused-ring (bicyclic) bond motifs is 1. The Morgan fingerprint density at radius 2 is 1.71 bits per heavy atom. The highest BCUT2D eigenvalue weighted by Gasteiger charge is 2.21. The molecule has 0 aromatic heterocycles. The second-order valence-corrected chi connectivity index (χ2v) is 8.37. The van der Waals surface area contributed by atoms with Gasteiger partial charge in [-0.3, -0.25) is 0 Å². The average Bonchev–Trinajstić information content (AvgIpc) is 2.74. The van der Waals surface area contributed by atoms with Crippen LogP contribution in [0.1, 0.15) is 74.3 Å². The van der Waals surface area contributed by atoms with Crippen molar-refractivity contribution in [2.45, 2.75) is 73.1 Å². The molecule has 0 saturated carbocycles. The number of esters is 1. The Bertz CT molecular complexity index is 898. The summed E-state index contributed by atoms with van der Waals surface area (Å²) < 4.78 is 10.9. The number of allylic oxidation sites excluding steroid dienone is 6. The summed E-state index contributed by atoms with van der Waals surface area (Å²) in [7, 11) is 1.78. The van der Waals surface area contributed by atoms with Gasteiger partial charge in [0.15, 0.2) is 0 Å². The number of hydrogen-bond donors (Lipinski definition) is 0. The number of rotatable bonds is 9. The van der Waals surface area contributed by atoms with Crippen molar-refractivity contribution in [1.82, 2.24) is 0 Å². The van der Waals surface area contributed by atoms with Gasteiger partial charge in [-0.2, -0.15) is 0 Å². The van der Waals surface area contributed by atoms with Gasteiger partial charge in [0, 0.05) is 6.08 Å². The molecular weight excluding hydrogens is 384 g/mol. The maximum atomic E-state index is 11.7. The third-order valence-electron chi connectivity index (χ3n) is 5.90. The van der Waals surface area contributed by atoms with Crippen LogP contribution >= 0.6 is 0 Å². The second kappa shape index (κ2) is 12.3. The fraction of sp³-hybridized carbons (Fsp3) is 0.464. The molecule has 1 aromatic carbocycles. The second-order valence-electron chi connectivity index (χ2n) is 8.37. The fourth-order valence-corrected chi connectivity index (χ4v) is 3.99. The largest absolute Gasteiger partial charge is 0.496 e. The van der Waals surface area contributed by atoms with Crippen molar-refractivity contribution in [3.63, 3.8) is 0 Å². The quantitative estimate of drug-likeness (QED) is 0.186. The van der Waals surface area contributed by atoms with Crippen LogP contribution in [0.2, 0.25) is 0 Å². The Morgan fingerprint density at radius 3 is 2.39 bits per heavy atom. The Kier molecular flexibility index (Phi) is 9.84. The molecule has 0 atom stereocenters. The minimum Gasteiger partial charge on any atom is -0.496 e. The molecule has 1 aliphatic carbocycles. The standard InChI is InChI=1S/C28H38O3/c1-7-8-18-31-27(29)19-21(3)13-11-12-20(2)16-17-24-22(4)23(5)28(30-6)26-15-10-9-14-25(24)26/h11-13,16-17,19H,7-10,14-15,18H2,1-6H3. The summed E-state index contributed by atoms with van der Waals surface area (Å²) in [4.78, 5) is 11.7.